The van der Waals surface area contributed by atoms with E-state index in [4.69, 9.17) is 0 Å². The Hall–Kier alpha value is 0.759. The summed E-state index contributed by atoms with van der Waals surface area (Å²) >= 11 is -1.47. The van der Waals surface area contributed by atoms with Crippen LogP contribution >= 0.6 is 0 Å². The molecule has 0 atom stereocenters. The van der Waals surface area contributed by atoms with Gasteiger partial charge in [0.25, 0.3) is 0 Å². The third-order valence-electron chi connectivity index (χ3n) is 4.36. The summed E-state index contributed by atoms with van der Waals surface area (Å²) in [4.78, 5) is 2.66. The van der Waals surface area contributed by atoms with Crippen molar-refractivity contribution < 1.29 is 0 Å². The van der Waals surface area contributed by atoms with Crippen molar-refractivity contribution in [1.29, 1.82) is 0 Å². The molecule has 0 heterocycles. The maximum absolute atomic E-state index is 3.45. The van der Waals surface area contributed by atoms with Gasteiger partial charge in [-0.25, -0.2) is 0 Å². The Kier molecular flexibility index (Phi) is 18.9. The summed E-state index contributed by atoms with van der Waals surface area (Å²) in [6, 6.07) is 0. The van der Waals surface area contributed by atoms with Gasteiger partial charge in [0.05, 0.1) is 0 Å². The van der Waals surface area contributed by atoms with Crippen molar-refractivity contribution in [2.45, 2.75) is 98.8 Å². The Morgan fingerprint density at radius 3 is 1.23 bits per heavy atom. The van der Waals surface area contributed by atoms with E-state index in [1.54, 1.807) is 13.3 Å². The van der Waals surface area contributed by atoms with E-state index in [1.807, 2.05) is 0 Å². The number of hydrogen-bond donors (Lipinski definition) is 1. The summed E-state index contributed by atoms with van der Waals surface area (Å²) < 4.78 is 4.86. The second-order valence-electron chi connectivity index (χ2n) is 8.18. The van der Waals surface area contributed by atoms with Gasteiger partial charge in [-0.1, -0.05) is 27.7 Å². The van der Waals surface area contributed by atoms with Crippen molar-refractivity contribution in [1.82, 2.24) is 5.32 Å². The molecule has 22 heavy (non-hydrogen) atoms. The minimum atomic E-state index is -1.47. The molecule has 0 bridgehead atoms. The van der Waals surface area contributed by atoms with Gasteiger partial charge in [0, 0.05) is 0 Å². The van der Waals surface area contributed by atoms with Crippen LogP contribution in [-0.4, -0.2) is 31.5 Å². The van der Waals surface area contributed by atoms with Gasteiger partial charge in [0.15, 0.2) is 0 Å². The average Bonchev–Trinajstić information content (AvgIpc) is 2.39. The quantitative estimate of drug-likeness (QED) is 0.266. The molecule has 1 N–H and O–H groups in total. The fourth-order valence-electron chi connectivity index (χ4n) is 3.09. The molecule has 0 rings (SSSR count). The summed E-state index contributed by atoms with van der Waals surface area (Å²) in [6.45, 7) is 18.5. The van der Waals surface area contributed by atoms with Crippen LogP contribution in [0.1, 0.15) is 80.6 Å². The van der Waals surface area contributed by atoms with Crippen LogP contribution in [0.5, 0.6) is 0 Å². The van der Waals surface area contributed by atoms with Gasteiger partial charge in [-0.05, 0) is 37.8 Å². The van der Waals surface area contributed by atoms with Crippen molar-refractivity contribution in [3.63, 3.8) is 0 Å². The Morgan fingerprint density at radius 2 is 1.00 bits per heavy atom. The van der Waals surface area contributed by atoms with Crippen molar-refractivity contribution in [2.75, 3.05) is 13.1 Å². The first-order chi connectivity index (χ1) is 10.3. The van der Waals surface area contributed by atoms with Crippen molar-refractivity contribution in [3.8, 4) is 0 Å². The molecule has 0 aliphatic carbocycles. The predicted molar refractivity (Wildman–Crippen MR) is 109 cm³/mol. The van der Waals surface area contributed by atoms with Crippen LogP contribution in [0.3, 0.4) is 0 Å². The van der Waals surface area contributed by atoms with Gasteiger partial charge in [0.1, 0.15) is 0 Å². The minimum absolute atomic E-state index is 0.835. The van der Waals surface area contributed by atoms with E-state index in [0.29, 0.717) is 0 Å². The van der Waals surface area contributed by atoms with E-state index >= 15 is 0 Å². The molecule has 0 spiro atoms. The zero-order valence-electron chi connectivity index (χ0n) is 17.2. The molecule has 0 aromatic rings. The Labute approximate surface area is 147 Å². The van der Waals surface area contributed by atoms with E-state index < -0.39 is 18.4 Å². The number of nitrogens with one attached hydrogen (secondary N) is 1. The Bertz CT molecular complexity index is 187. The molecule has 0 saturated heterocycles. The van der Waals surface area contributed by atoms with Crippen LogP contribution < -0.4 is 5.32 Å². The number of hydrogen-bond acceptors (Lipinski definition) is 1. The summed E-state index contributed by atoms with van der Waals surface area (Å²) in [5, 5.41) is 3.45. The second kappa shape index (κ2) is 16.6. The summed E-state index contributed by atoms with van der Waals surface area (Å²) in [6.07, 6.45) is 6.92. The van der Waals surface area contributed by atoms with Crippen LogP contribution in [0.25, 0.3) is 0 Å². The molecular weight excluding hydrogens is 373 g/mol. The topological polar surface area (TPSA) is 12.0 Å². The first-order valence-corrected chi connectivity index (χ1v) is 18.9. The fourth-order valence-corrected chi connectivity index (χ4v) is 15.6. The van der Waals surface area contributed by atoms with Gasteiger partial charge in [-0.3, -0.25) is 0 Å². The first-order valence-electron chi connectivity index (χ1n) is 10.0. The zero-order chi connectivity index (χ0) is 17.4. The molecule has 0 saturated carbocycles. The summed E-state index contributed by atoms with van der Waals surface area (Å²) in [7, 11) is 0. The SMILES string of the molecule is CC(C)CCNCCC(C)C.CC[CH2][Sn]([CH3])([CH2]CC)[CH2]CC. The van der Waals surface area contributed by atoms with Crippen LogP contribution in [0.15, 0.2) is 0 Å². The Balaban J connectivity index is 0. The van der Waals surface area contributed by atoms with Gasteiger partial charge >= 0.3 is 76.7 Å². The third kappa shape index (κ3) is 18.8. The molecule has 0 aliphatic rings. The molecule has 0 aliphatic heterocycles. The van der Waals surface area contributed by atoms with Crippen LogP contribution in [0, 0.1) is 11.8 Å². The van der Waals surface area contributed by atoms with E-state index in [0.717, 1.165) is 11.8 Å². The summed E-state index contributed by atoms with van der Waals surface area (Å²) in [5.74, 6) is 1.67. The first kappa shape index (κ1) is 25.0. The molecule has 0 aromatic carbocycles. The third-order valence-corrected chi connectivity index (χ3v) is 19.0. The van der Waals surface area contributed by atoms with Gasteiger partial charge in [-0.2, -0.15) is 0 Å². The average molecular weight is 420 g/mol. The molecule has 136 valence electrons. The molecule has 2 heteroatoms. The molecule has 0 fully saturated rings. The zero-order valence-corrected chi connectivity index (χ0v) is 20.1. The maximum atomic E-state index is 3.45. The van der Waals surface area contributed by atoms with E-state index in [1.165, 1.54) is 45.2 Å². The second-order valence-corrected chi connectivity index (χ2v) is 22.8. The normalized spacial score (nSPS) is 11.7. The van der Waals surface area contributed by atoms with E-state index in [-0.39, 0.29) is 0 Å². The molecule has 0 unspecified atom stereocenters. The monoisotopic (exact) mass is 421 g/mol. The van der Waals surface area contributed by atoms with Crippen LogP contribution in [-0.2, 0) is 0 Å². The van der Waals surface area contributed by atoms with Crippen LogP contribution in [0.4, 0.5) is 0 Å². The van der Waals surface area contributed by atoms with Gasteiger partial charge in [0.2, 0.25) is 0 Å². The predicted octanol–water partition coefficient (Wildman–Crippen LogP) is 6.96. The molecular formula is C20H47NSn. The van der Waals surface area contributed by atoms with Crippen LogP contribution in [0.2, 0.25) is 18.2 Å². The van der Waals surface area contributed by atoms with Crippen molar-refractivity contribution in [2.24, 2.45) is 11.8 Å². The van der Waals surface area contributed by atoms with Gasteiger partial charge in [-0.15, -0.1) is 0 Å². The molecule has 0 radical (unpaired) electrons. The fraction of sp³-hybridized carbons (Fsp3) is 1.00. The standard InChI is InChI=1S/C10H23N.3C3H7.CH3.Sn/c1-9(2)5-7-11-8-6-10(3)4;3*1-3-2;;/h9-11H,5-8H2,1-4H3;3*1,3H2,2H3;1H3;. The molecule has 0 aromatic heterocycles. The molecule has 0 amide bonds. The number of rotatable bonds is 12. The van der Waals surface area contributed by atoms with Crippen molar-refractivity contribution >= 4 is 18.4 Å². The summed E-state index contributed by atoms with van der Waals surface area (Å²) in [5.41, 5.74) is 0. The molecule has 1 nitrogen and oxygen atoms in total. The van der Waals surface area contributed by atoms with E-state index in [2.05, 4.69) is 58.7 Å². The Morgan fingerprint density at radius 1 is 0.682 bits per heavy atom. The van der Waals surface area contributed by atoms with Gasteiger partial charge < -0.3 is 5.32 Å². The van der Waals surface area contributed by atoms with Crippen molar-refractivity contribution in [3.05, 3.63) is 0 Å². The van der Waals surface area contributed by atoms with E-state index in [9.17, 15) is 0 Å².